The average Bonchev–Trinajstić information content (AvgIpc) is 2.30. The SMILES string of the molecule is Fc1ccc(Br)cc1NCc1cccc(Br)n1. The van der Waals surface area contributed by atoms with Crippen LogP contribution in [-0.2, 0) is 6.54 Å². The zero-order chi connectivity index (χ0) is 12.3. The van der Waals surface area contributed by atoms with Gasteiger partial charge in [-0.25, -0.2) is 9.37 Å². The second kappa shape index (κ2) is 5.60. The smallest absolute Gasteiger partial charge is 0.146 e. The fraction of sp³-hybridized carbons (Fsp3) is 0.0833. The van der Waals surface area contributed by atoms with Crippen molar-refractivity contribution in [3.8, 4) is 0 Å². The fourth-order valence-electron chi connectivity index (χ4n) is 1.37. The summed E-state index contributed by atoms with van der Waals surface area (Å²) in [6.45, 7) is 0.479. The highest BCUT2D eigenvalue weighted by molar-refractivity contribution is 9.10. The number of benzene rings is 1. The third-order valence-corrected chi connectivity index (χ3v) is 3.10. The average molecular weight is 360 g/mol. The molecular formula is C12H9Br2FN2. The van der Waals surface area contributed by atoms with Crippen LogP contribution in [-0.4, -0.2) is 4.98 Å². The lowest BCUT2D eigenvalue weighted by molar-refractivity contribution is 0.629. The van der Waals surface area contributed by atoms with Crippen molar-refractivity contribution >= 4 is 37.5 Å². The van der Waals surface area contributed by atoms with E-state index in [-0.39, 0.29) is 5.82 Å². The second-order valence-electron chi connectivity index (χ2n) is 3.43. The van der Waals surface area contributed by atoms with E-state index in [1.807, 2.05) is 18.2 Å². The highest BCUT2D eigenvalue weighted by Crippen LogP contribution is 2.20. The van der Waals surface area contributed by atoms with Crippen molar-refractivity contribution in [2.24, 2.45) is 0 Å². The van der Waals surface area contributed by atoms with Gasteiger partial charge in [-0.1, -0.05) is 22.0 Å². The van der Waals surface area contributed by atoms with Gasteiger partial charge in [-0.3, -0.25) is 0 Å². The maximum Gasteiger partial charge on any atom is 0.146 e. The molecule has 5 heteroatoms. The number of nitrogens with one attached hydrogen (secondary N) is 1. The molecule has 1 aromatic carbocycles. The number of hydrogen-bond acceptors (Lipinski definition) is 2. The maximum absolute atomic E-state index is 13.4. The number of rotatable bonds is 3. The standard InChI is InChI=1S/C12H9Br2FN2/c13-8-4-5-10(15)11(6-8)16-7-9-2-1-3-12(14)17-9/h1-6,16H,7H2. The minimum absolute atomic E-state index is 0.275. The molecule has 0 saturated heterocycles. The molecule has 0 aliphatic rings. The van der Waals surface area contributed by atoms with Gasteiger partial charge in [-0.2, -0.15) is 0 Å². The molecule has 88 valence electrons. The van der Waals surface area contributed by atoms with Gasteiger partial charge in [-0.15, -0.1) is 0 Å². The summed E-state index contributed by atoms with van der Waals surface area (Å²) in [4.78, 5) is 4.26. The molecule has 0 radical (unpaired) electrons. The Balaban J connectivity index is 2.09. The van der Waals surface area contributed by atoms with E-state index in [9.17, 15) is 4.39 Å². The zero-order valence-electron chi connectivity index (χ0n) is 8.75. The van der Waals surface area contributed by atoms with E-state index in [1.165, 1.54) is 6.07 Å². The Morgan fingerprint density at radius 2 is 2.00 bits per heavy atom. The highest BCUT2D eigenvalue weighted by Gasteiger charge is 2.03. The lowest BCUT2D eigenvalue weighted by atomic mass is 10.3. The van der Waals surface area contributed by atoms with Crippen LogP contribution >= 0.6 is 31.9 Å². The van der Waals surface area contributed by atoms with Crippen LogP contribution in [0.15, 0.2) is 45.5 Å². The molecule has 0 aliphatic heterocycles. The van der Waals surface area contributed by atoms with Gasteiger partial charge in [0, 0.05) is 4.47 Å². The Kier molecular flexibility index (Phi) is 4.12. The topological polar surface area (TPSA) is 24.9 Å². The normalized spacial score (nSPS) is 10.3. The number of hydrogen-bond donors (Lipinski definition) is 1. The van der Waals surface area contributed by atoms with Gasteiger partial charge in [0.05, 0.1) is 17.9 Å². The summed E-state index contributed by atoms with van der Waals surface area (Å²) in [7, 11) is 0. The van der Waals surface area contributed by atoms with Crippen LogP contribution in [0.2, 0.25) is 0 Å². The summed E-state index contributed by atoms with van der Waals surface area (Å²) in [6, 6.07) is 10.4. The molecule has 0 atom stereocenters. The van der Waals surface area contributed by atoms with Crippen LogP contribution in [0.4, 0.5) is 10.1 Å². The van der Waals surface area contributed by atoms with Crippen LogP contribution in [0, 0.1) is 5.82 Å². The van der Waals surface area contributed by atoms with Crippen molar-refractivity contribution in [3.05, 3.63) is 57.0 Å². The maximum atomic E-state index is 13.4. The van der Waals surface area contributed by atoms with Crippen LogP contribution in [0.5, 0.6) is 0 Å². The van der Waals surface area contributed by atoms with Crippen molar-refractivity contribution in [2.45, 2.75) is 6.54 Å². The molecule has 0 aliphatic carbocycles. The molecule has 0 unspecified atom stereocenters. The second-order valence-corrected chi connectivity index (χ2v) is 5.16. The first kappa shape index (κ1) is 12.5. The molecule has 0 spiro atoms. The van der Waals surface area contributed by atoms with Crippen molar-refractivity contribution in [1.82, 2.24) is 4.98 Å². The third-order valence-electron chi connectivity index (χ3n) is 2.16. The molecule has 1 heterocycles. The predicted octanol–water partition coefficient (Wildman–Crippen LogP) is 4.36. The van der Waals surface area contributed by atoms with Crippen molar-refractivity contribution in [1.29, 1.82) is 0 Å². The monoisotopic (exact) mass is 358 g/mol. The van der Waals surface area contributed by atoms with Crippen molar-refractivity contribution in [3.63, 3.8) is 0 Å². The van der Waals surface area contributed by atoms with Gasteiger partial charge >= 0.3 is 0 Å². The van der Waals surface area contributed by atoms with E-state index in [4.69, 9.17) is 0 Å². The number of nitrogens with zero attached hydrogens (tertiary/aromatic N) is 1. The molecule has 0 amide bonds. The number of aromatic nitrogens is 1. The van der Waals surface area contributed by atoms with E-state index in [0.29, 0.717) is 12.2 Å². The van der Waals surface area contributed by atoms with Gasteiger partial charge in [-0.05, 0) is 46.3 Å². The Hall–Kier alpha value is -0.940. The molecule has 17 heavy (non-hydrogen) atoms. The van der Waals surface area contributed by atoms with Crippen molar-refractivity contribution in [2.75, 3.05) is 5.32 Å². The molecule has 1 N–H and O–H groups in total. The predicted molar refractivity (Wildman–Crippen MR) is 73.4 cm³/mol. The summed E-state index contributed by atoms with van der Waals surface area (Å²) >= 11 is 6.60. The Morgan fingerprint density at radius 1 is 1.18 bits per heavy atom. The molecule has 1 aromatic heterocycles. The van der Waals surface area contributed by atoms with Gasteiger partial charge in [0.2, 0.25) is 0 Å². The van der Waals surface area contributed by atoms with Crippen molar-refractivity contribution < 1.29 is 4.39 Å². The molecule has 0 bridgehead atoms. The van der Waals surface area contributed by atoms with Gasteiger partial charge in [0.15, 0.2) is 0 Å². The van der Waals surface area contributed by atoms with E-state index >= 15 is 0 Å². The lowest BCUT2D eigenvalue weighted by Gasteiger charge is -2.07. The quantitative estimate of drug-likeness (QED) is 0.823. The lowest BCUT2D eigenvalue weighted by Crippen LogP contribution is -2.03. The number of pyridine rings is 1. The first-order chi connectivity index (χ1) is 8.15. The summed E-state index contributed by atoms with van der Waals surface area (Å²) in [6.07, 6.45) is 0. The summed E-state index contributed by atoms with van der Waals surface area (Å²) in [5.41, 5.74) is 1.31. The van der Waals surface area contributed by atoms with E-state index in [2.05, 4.69) is 42.2 Å². The summed E-state index contributed by atoms with van der Waals surface area (Å²) in [5, 5.41) is 3.01. The summed E-state index contributed by atoms with van der Waals surface area (Å²) in [5.74, 6) is -0.275. The van der Waals surface area contributed by atoms with Crippen LogP contribution in [0.1, 0.15) is 5.69 Å². The molecular weight excluding hydrogens is 351 g/mol. The van der Waals surface area contributed by atoms with Gasteiger partial charge in [0.25, 0.3) is 0 Å². The Bertz CT molecular complexity index is 532. The molecule has 2 nitrogen and oxygen atoms in total. The van der Waals surface area contributed by atoms with Gasteiger partial charge < -0.3 is 5.32 Å². The largest absolute Gasteiger partial charge is 0.377 e. The minimum atomic E-state index is -0.275. The van der Waals surface area contributed by atoms with E-state index in [1.54, 1.807) is 12.1 Å². The minimum Gasteiger partial charge on any atom is -0.377 e. The van der Waals surface area contributed by atoms with Crippen LogP contribution in [0.25, 0.3) is 0 Å². The summed E-state index contributed by atoms with van der Waals surface area (Å²) < 4.78 is 15.0. The molecule has 2 rings (SSSR count). The van der Waals surface area contributed by atoms with E-state index < -0.39 is 0 Å². The van der Waals surface area contributed by atoms with Crippen LogP contribution < -0.4 is 5.32 Å². The molecule has 0 saturated carbocycles. The van der Waals surface area contributed by atoms with Crippen LogP contribution in [0.3, 0.4) is 0 Å². The fourth-order valence-corrected chi connectivity index (χ4v) is 2.11. The number of halogens is 3. The first-order valence-electron chi connectivity index (χ1n) is 4.95. The first-order valence-corrected chi connectivity index (χ1v) is 6.54. The Morgan fingerprint density at radius 3 is 2.76 bits per heavy atom. The number of anilines is 1. The van der Waals surface area contributed by atoms with E-state index in [0.717, 1.165) is 14.8 Å². The zero-order valence-corrected chi connectivity index (χ0v) is 11.9. The highest BCUT2D eigenvalue weighted by atomic mass is 79.9. The third kappa shape index (κ3) is 3.51. The molecule has 0 fully saturated rings. The van der Waals surface area contributed by atoms with Gasteiger partial charge in [0.1, 0.15) is 10.4 Å². The molecule has 2 aromatic rings. The Labute approximate surface area is 116 Å².